The Morgan fingerprint density at radius 3 is 2.16 bits per heavy atom. The molecule has 10 heteroatoms. The van der Waals surface area contributed by atoms with E-state index < -0.39 is 55.1 Å². The molecule has 0 bridgehead atoms. The predicted molar refractivity (Wildman–Crippen MR) is 79.0 cm³/mol. The van der Waals surface area contributed by atoms with Crippen molar-refractivity contribution >= 4 is 23.9 Å². The van der Waals surface area contributed by atoms with Gasteiger partial charge in [0.15, 0.2) is 6.10 Å². The van der Waals surface area contributed by atoms with Crippen LogP contribution in [0.5, 0.6) is 0 Å². The third-order valence-electron chi connectivity index (χ3n) is 3.18. The van der Waals surface area contributed by atoms with E-state index in [1.807, 2.05) is 0 Å². The van der Waals surface area contributed by atoms with Gasteiger partial charge in [-0.2, -0.15) is 0 Å². The Morgan fingerprint density at radius 2 is 1.64 bits per heavy atom. The van der Waals surface area contributed by atoms with Gasteiger partial charge in [0, 0.05) is 27.2 Å². The van der Waals surface area contributed by atoms with Crippen molar-refractivity contribution in [2.24, 2.45) is 0 Å². The van der Waals surface area contributed by atoms with Crippen molar-refractivity contribution in [3.8, 4) is 0 Å². The average molecular weight is 362 g/mol. The summed E-state index contributed by atoms with van der Waals surface area (Å²) >= 11 is 0. The second-order valence-corrected chi connectivity index (χ2v) is 5.25. The van der Waals surface area contributed by atoms with Crippen molar-refractivity contribution < 1.29 is 47.6 Å². The van der Waals surface area contributed by atoms with E-state index in [0.29, 0.717) is 0 Å². The molecule has 0 aromatic heterocycles. The number of hydrogen-bond donors (Lipinski definition) is 0. The van der Waals surface area contributed by atoms with Gasteiger partial charge in [0.1, 0.15) is 25.4 Å². The van der Waals surface area contributed by atoms with Crippen LogP contribution in [0.2, 0.25) is 0 Å². The highest BCUT2D eigenvalue weighted by molar-refractivity contribution is 5.70. The quantitative estimate of drug-likeness (QED) is 0.441. The van der Waals surface area contributed by atoms with Gasteiger partial charge in [0.2, 0.25) is 6.29 Å². The van der Waals surface area contributed by atoms with Crippen LogP contribution >= 0.6 is 0 Å². The van der Waals surface area contributed by atoms with E-state index in [1.165, 1.54) is 27.9 Å². The highest BCUT2D eigenvalue weighted by atomic mass is 16.7. The molecule has 0 radical (unpaired) electrons. The Bertz CT molecular complexity index is 503. The summed E-state index contributed by atoms with van der Waals surface area (Å²) in [6.07, 6.45) is -3.72. The zero-order valence-corrected chi connectivity index (χ0v) is 14.5. The first-order valence-electron chi connectivity index (χ1n) is 7.54. The number of carbonyl (C=O) groups is 4. The van der Waals surface area contributed by atoms with Crippen LogP contribution in [0.25, 0.3) is 0 Å². The van der Waals surface area contributed by atoms with Gasteiger partial charge in [-0.05, 0) is 0 Å². The molecule has 4 atom stereocenters. The number of esters is 4. The van der Waals surface area contributed by atoms with E-state index in [1.54, 1.807) is 0 Å². The minimum Gasteiger partial charge on any atom is -0.467 e. The Kier molecular flexibility index (Phi) is 8.29. The van der Waals surface area contributed by atoms with Crippen molar-refractivity contribution in [2.45, 2.75) is 51.8 Å². The van der Waals surface area contributed by atoms with E-state index in [0.717, 1.165) is 0 Å². The van der Waals surface area contributed by atoms with Crippen LogP contribution in [0, 0.1) is 0 Å². The van der Waals surface area contributed by atoms with Gasteiger partial charge < -0.3 is 28.4 Å². The first-order chi connectivity index (χ1) is 11.7. The van der Waals surface area contributed by atoms with Crippen molar-refractivity contribution in [2.75, 3.05) is 20.3 Å². The standard InChI is InChI=1S/C15H22O10/c1-8(16)21-6-12-15(24-10(3)18)11(22-7-13(19)20-4)5-14(25-12)23-9(2)17/h11-12,14-15H,5-7H2,1-4H3/t11?,12?,14-,15-/m0/s1. The molecular formula is C15H22O10. The summed E-state index contributed by atoms with van der Waals surface area (Å²) in [7, 11) is 1.20. The summed E-state index contributed by atoms with van der Waals surface area (Å²) in [6.45, 7) is 2.96. The number of hydrogen-bond acceptors (Lipinski definition) is 10. The summed E-state index contributed by atoms with van der Waals surface area (Å²) in [4.78, 5) is 44.9. The summed E-state index contributed by atoms with van der Waals surface area (Å²) in [5.41, 5.74) is 0. The van der Waals surface area contributed by atoms with Crippen molar-refractivity contribution in [3.05, 3.63) is 0 Å². The van der Waals surface area contributed by atoms with Crippen LogP contribution in [0.15, 0.2) is 0 Å². The molecule has 1 aliphatic rings. The molecule has 1 fully saturated rings. The highest BCUT2D eigenvalue weighted by Crippen LogP contribution is 2.27. The maximum Gasteiger partial charge on any atom is 0.331 e. The molecule has 1 heterocycles. The van der Waals surface area contributed by atoms with Gasteiger partial charge in [-0.25, -0.2) is 4.79 Å². The van der Waals surface area contributed by atoms with E-state index >= 15 is 0 Å². The van der Waals surface area contributed by atoms with E-state index in [-0.39, 0.29) is 13.0 Å². The van der Waals surface area contributed by atoms with Crippen LogP contribution in [0.1, 0.15) is 27.2 Å². The fourth-order valence-electron chi connectivity index (χ4n) is 2.23. The molecule has 0 aromatic carbocycles. The number of carbonyl (C=O) groups excluding carboxylic acids is 4. The molecule has 0 spiro atoms. The van der Waals surface area contributed by atoms with Crippen LogP contribution in [-0.2, 0) is 47.6 Å². The largest absolute Gasteiger partial charge is 0.467 e. The minimum atomic E-state index is -1.01. The van der Waals surface area contributed by atoms with Crippen LogP contribution in [0.4, 0.5) is 0 Å². The van der Waals surface area contributed by atoms with E-state index in [9.17, 15) is 19.2 Å². The molecule has 2 unspecified atom stereocenters. The Labute approximate surface area is 144 Å². The zero-order chi connectivity index (χ0) is 19.0. The lowest BCUT2D eigenvalue weighted by atomic mass is 10.0. The zero-order valence-electron chi connectivity index (χ0n) is 14.5. The third kappa shape index (κ3) is 7.48. The molecule has 0 aromatic rings. The Hall–Kier alpha value is -2.20. The lowest BCUT2D eigenvalue weighted by Crippen LogP contribution is -2.54. The summed E-state index contributed by atoms with van der Waals surface area (Å²) in [6, 6.07) is 0. The predicted octanol–water partition coefficient (Wildman–Crippen LogP) is -0.282. The fraction of sp³-hybridized carbons (Fsp3) is 0.733. The molecule has 10 nitrogen and oxygen atoms in total. The smallest absolute Gasteiger partial charge is 0.331 e. The van der Waals surface area contributed by atoms with Crippen molar-refractivity contribution in [3.63, 3.8) is 0 Å². The molecule has 0 N–H and O–H groups in total. The van der Waals surface area contributed by atoms with Crippen molar-refractivity contribution in [1.29, 1.82) is 0 Å². The molecule has 25 heavy (non-hydrogen) atoms. The van der Waals surface area contributed by atoms with E-state index in [4.69, 9.17) is 23.7 Å². The second-order valence-electron chi connectivity index (χ2n) is 5.25. The second kappa shape index (κ2) is 9.94. The first-order valence-corrected chi connectivity index (χ1v) is 7.54. The first kappa shape index (κ1) is 20.8. The molecule has 0 amide bonds. The fourth-order valence-corrected chi connectivity index (χ4v) is 2.23. The van der Waals surface area contributed by atoms with Gasteiger partial charge in [0.25, 0.3) is 0 Å². The number of ether oxygens (including phenoxy) is 6. The SMILES string of the molecule is COC(=O)COC1C[C@@H](OC(C)=O)OC(COC(C)=O)[C@H]1OC(C)=O. The summed E-state index contributed by atoms with van der Waals surface area (Å²) < 4.78 is 30.6. The van der Waals surface area contributed by atoms with Gasteiger partial charge >= 0.3 is 23.9 Å². The maximum atomic E-state index is 11.4. The number of rotatable bonds is 7. The molecule has 0 saturated carbocycles. The Balaban J connectivity index is 2.92. The lowest BCUT2D eigenvalue weighted by Gasteiger charge is -2.39. The van der Waals surface area contributed by atoms with Crippen LogP contribution < -0.4 is 0 Å². The van der Waals surface area contributed by atoms with Gasteiger partial charge in [0.05, 0.1) is 7.11 Å². The monoisotopic (exact) mass is 362 g/mol. The lowest BCUT2D eigenvalue weighted by molar-refractivity contribution is -0.263. The molecule has 1 saturated heterocycles. The third-order valence-corrected chi connectivity index (χ3v) is 3.18. The van der Waals surface area contributed by atoms with Crippen LogP contribution in [0.3, 0.4) is 0 Å². The summed E-state index contributed by atoms with van der Waals surface area (Å²) in [5.74, 6) is -2.40. The molecular weight excluding hydrogens is 340 g/mol. The van der Waals surface area contributed by atoms with E-state index in [2.05, 4.69) is 4.74 Å². The topological polar surface area (TPSA) is 124 Å². The van der Waals surface area contributed by atoms with Crippen molar-refractivity contribution in [1.82, 2.24) is 0 Å². The summed E-state index contributed by atoms with van der Waals surface area (Å²) in [5, 5.41) is 0. The highest BCUT2D eigenvalue weighted by Gasteiger charge is 2.43. The van der Waals surface area contributed by atoms with Gasteiger partial charge in [-0.1, -0.05) is 0 Å². The molecule has 1 rings (SSSR count). The van der Waals surface area contributed by atoms with Gasteiger partial charge in [-0.3, -0.25) is 14.4 Å². The number of methoxy groups -OCH3 is 1. The molecule has 1 aliphatic heterocycles. The molecule has 142 valence electrons. The normalized spacial score (nSPS) is 25.6. The average Bonchev–Trinajstić information content (AvgIpc) is 2.51. The minimum absolute atomic E-state index is 0.0189. The Morgan fingerprint density at radius 1 is 1.00 bits per heavy atom. The molecule has 0 aliphatic carbocycles. The van der Waals surface area contributed by atoms with Gasteiger partial charge in [-0.15, -0.1) is 0 Å². The van der Waals surface area contributed by atoms with Crippen LogP contribution in [-0.4, -0.2) is 68.8 Å². The maximum absolute atomic E-state index is 11.4.